The van der Waals surface area contributed by atoms with Crippen molar-refractivity contribution >= 4 is 29.5 Å². The van der Waals surface area contributed by atoms with Gasteiger partial charge in [0, 0.05) is 7.05 Å². The molecule has 1 spiro atoms. The molecule has 1 N–H and O–H groups in total. The standard InChI is InChI=1S/C22H27N5O5S/c1-26-17(13-32-16-8-6-15(31-2)7-9-16)24-25-21(26)33-14-19(29)27-12-18(28)23-20(30)22(27)10-4-3-5-11-22/h6-9H,3-5,10-14H2,1-2H3,(H,23,28,30). The largest absolute Gasteiger partial charge is 0.497 e. The lowest BCUT2D eigenvalue weighted by molar-refractivity contribution is -0.158. The van der Waals surface area contributed by atoms with Crippen molar-refractivity contribution in [2.75, 3.05) is 19.4 Å². The molecule has 33 heavy (non-hydrogen) atoms. The third kappa shape index (κ3) is 4.82. The summed E-state index contributed by atoms with van der Waals surface area (Å²) >= 11 is 1.23. The Balaban J connectivity index is 1.38. The van der Waals surface area contributed by atoms with E-state index in [-0.39, 0.29) is 30.7 Å². The van der Waals surface area contributed by atoms with Crippen LogP contribution < -0.4 is 14.8 Å². The smallest absolute Gasteiger partial charge is 0.252 e. The SMILES string of the molecule is COc1ccc(OCc2nnc(SCC(=O)N3CC(=O)NC(=O)C34CCCCC4)n2C)cc1. The molecule has 4 rings (SSSR count). The molecule has 0 bridgehead atoms. The highest BCUT2D eigenvalue weighted by Gasteiger charge is 2.50. The lowest BCUT2D eigenvalue weighted by Crippen LogP contribution is -2.69. The fourth-order valence-corrected chi connectivity index (χ4v) is 5.09. The summed E-state index contributed by atoms with van der Waals surface area (Å²) in [7, 11) is 3.41. The number of benzene rings is 1. The Morgan fingerprint density at radius 2 is 1.82 bits per heavy atom. The Hall–Kier alpha value is -3.08. The highest BCUT2D eigenvalue weighted by molar-refractivity contribution is 7.99. The number of nitrogens with zero attached hydrogens (tertiary/aromatic N) is 4. The number of piperazine rings is 1. The summed E-state index contributed by atoms with van der Waals surface area (Å²) in [5.41, 5.74) is -0.916. The molecule has 3 amide bonds. The van der Waals surface area contributed by atoms with Crippen LogP contribution in [0.25, 0.3) is 0 Å². The lowest BCUT2D eigenvalue weighted by atomic mass is 9.78. The molecule has 1 aliphatic heterocycles. The molecule has 1 saturated carbocycles. The third-order valence-electron chi connectivity index (χ3n) is 6.15. The van der Waals surface area contributed by atoms with E-state index in [1.165, 1.54) is 16.7 Å². The predicted octanol–water partition coefficient (Wildman–Crippen LogP) is 1.68. The van der Waals surface area contributed by atoms with Gasteiger partial charge in [0.25, 0.3) is 5.91 Å². The molecule has 2 aromatic rings. The summed E-state index contributed by atoms with van der Waals surface area (Å²) in [5, 5.41) is 11.3. The molecule has 2 heterocycles. The van der Waals surface area contributed by atoms with Crippen LogP contribution in [-0.2, 0) is 28.0 Å². The van der Waals surface area contributed by atoms with Gasteiger partial charge >= 0.3 is 0 Å². The van der Waals surface area contributed by atoms with Crippen LogP contribution in [0.15, 0.2) is 29.4 Å². The minimum absolute atomic E-state index is 0.0631. The molecule has 11 heteroatoms. The van der Waals surface area contributed by atoms with Crippen molar-refractivity contribution in [3.63, 3.8) is 0 Å². The molecule has 0 atom stereocenters. The van der Waals surface area contributed by atoms with Crippen molar-refractivity contribution in [2.45, 2.75) is 49.4 Å². The number of nitrogens with one attached hydrogen (secondary N) is 1. The van der Waals surface area contributed by atoms with Gasteiger partial charge in [-0.2, -0.15) is 0 Å². The summed E-state index contributed by atoms with van der Waals surface area (Å²) < 4.78 is 12.7. The molecule has 0 unspecified atom stereocenters. The number of hydrogen-bond acceptors (Lipinski definition) is 8. The van der Waals surface area contributed by atoms with Crippen LogP contribution in [0.5, 0.6) is 11.5 Å². The predicted molar refractivity (Wildman–Crippen MR) is 120 cm³/mol. The van der Waals surface area contributed by atoms with Crippen LogP contribution in [0.1, 0.15) is 37.9 Å². The van der Waals surface area contributed by atoms with Crippen molar-refractivity contribution in [2.24, 2.45) is 7.05 Å². The van der Waals surface area contributed by atoms with Gasteiger partial charge in [-0.1, -0.05) is 31.0 Å². The van der Waals surface area contributed by atoms with Crippen LogP contribution in [0, 0.1) is 0 Å². The van der Waals surface area contributed by atoms with Crippen LogP contribution in [-0.4, -0.2) is 62.3 Å². The highest BCUT2D eigenvalue weighted by atomic mass is 32.2. The molecule has 1 aliphatic carbocycles. The second kappa shape index (κ2) is 9.82. The van der Waals surface area contributed by atoms with Gasteiger partial charge in [-0.3, -0.25) is 19.7 Å². The average Bonchev–Trinajstić information content (AvgIpc) is 3.18. The first-order chi connectivity index (χ1) is 15.9. The maximum Gasteiger partial charge on any atom is 0.252 e. The van der Waals surface area contributed by atoms with E-state index < -0.39 is 11.4 Å². The van der Waals surface area contributed by atoms with Gasteiger partial charge in [0.05, 0.1) is 12.9 Å². The summed E-state index contributed by atoms with van der Waals surface area (Å²) in [5.74, 6) is 1.05. The first-order valence-electron chi connectivity index (χ1n) is 10.9. The normalized spacial score (nSPS) is 17.7. The van der Waals surface area contributed by atoms with Crippen molar-refractivity contribution in [1.29, 1.82) is 0 Å². The maximum absolute atomic E-state index is 13.1. The first-order valence-corrected chi connectivity index (χ1v) is 11.8. The van der Waals surface area contributed by atoms with Gasteiger partial charge in [0.15, 0.2) is 11.0 Å². The summed E-state index contributed by atoms with van der Waals surface area (Å²) in [6, 6.07) is 7.23. The molecule has 2 aliphatic rings. The molecule has 1 aromatic carbocycles. The second-order valence-electron chi connectivity index (χ2n) is 8.16. The number of hydrogen-bond donors (Lipinski definition) is 1. The van der Waals surface area contributed by atoms with E-state index in [1.54, 1.807) is 30.9 Å². The number of thioether (sulfide) groups is 1. The molecule has 0 radical (unpaired) electrons. The molecule has 10 nitrogen and oxygen atoms in total. The Morgan fingerprint density at radius 3 is 2.52 bits per heavy atom. The Labute approximate surface area is 196 Å². The number of carbonyl (C=O) groups excluding carboxylic acids is 3. The zero-order valence-electron chi connectivity index (χ0n) is 18.7. The van der Waals surface area contributed by atoms with E-state index >= 15 is 0 Å². The van der Waals surface area contributed by atoms with Crippen LogP contribution >= 0.6 is 11.8 Å². The number of amides is 3. The Bertz CT molecular complexity index is 1030. The molecule has 1 aromatic heterocycles. The highest BCUT2D eigenvalue weighted by Crippen LogP contribution is 2.36. The molecular weight excluding hydrogens is 446 g/mol. The van der Waals surface area contributed by atoms with Gasteiger partial charge in [-0.05, 0) is 37.1 Å². The van der Waals surface area contributed by atoms with Gasteiger partial charge in [-0.25, -0.2) is 0 Å². The average molecular weight is 474 g/mol. The van der Waals surface area contributed by atoms with E-state index in [9.17, 15) is 14.4 Å². The molecule has 176 valence electrons. The lowest BCUT2D eigenvalue weighted by Gasteiger charge is -2.47. The third-order valence-corrected chi connectivity index (χ3v) is 7.16. The fourth-order valence-electron chi connectivity index (χ4n) is 4.28. The summed E-state index contributed by atoms with van der Waals surface area (Å²) in [4.78, 5) is 39.2. The van der Waals surface area contributed by atoms with Gasteiger partial charge in [-0.15, -0.1) is 10.2 Å². The van der Waals surface area contributed by atoms with Crippen LogP contribution in [0.3, 0.4) is 0 Å². The van der Waals surface area contributed by atoms with Crippen molar-refractivity contribution < 1.29 is 23.9 Å². The zero-order valence-corrected chi connectivity index (χ0v) is 19.5. The van der Waals surface area contributed by atoms with E-state index in [2.05, 4.69) is 15.5 Å². The minimum Gasteiger partial charge on any atom is -0.497 e. The Kier molecular flexibility index (Phi) is 6.87. The van der Waals surface area contributed by atoms with Crippen molar-refractivity contribution in [3.05, 3.63) is 30.1 Å². The number of imide groups is 1. The van der Waals surface area contributed by atoms with Crippen molar-refractivity contribution in [3.8, 4) is 11.5 Å². The molecular formula is C22H27N5O5S. The fraction of sp³-hybridized carbons (Fsp3) is 0.500. The van der Waals surface area contributed by atoms with Crippen molar-refractivity contribution in [1.82, 2.24) is 25.0 Å². The summed E-state index contributed by atoms with van der Waals surface area (Å²) in [6.07, 6.45) is 3.91. The first kappa shape index (κ1) is 23.1. The number of aromatic nitrogens is 3. The van der Waals surface area contributed by atoms with Gasteiger partial charge < -0.3 is 18.9 Å². The Morgan fingerprint density at radius 1 is 1.12 bits per heavy atom. The van der Waals surface area contributed by atoms with E-state index in [0.717, 1.165) is 25.0 Å². The number of ether oxygens (including phenoxy) is 2. The van der Waals surface area contributed by atoms with Crippen LogP contribution in [0.4, 0.5) is 0 Å². The minimum atomic E-state index is -0.916. The zero-order chi connectivity index (χ0) is 23.4. The number of methoxy groups -OCH3 is 1. The quantitative estimate of drug-likeness (QED) is 0.477. The summed E-state index contributed by atoms with van der Waals surface area (Å²) in [6.45, 7) is 0.124. The number of carbonyl (C=O) groups is 3. The molecule has 2 fully saturated rings. The van der Waals surface area contributed by atoms with E-state index in [0.29, 0.717) is 29.6 Å². The maximum atomic E-state index is 13.1. The topological polar surface area (TPSA) is 116 Å². The van der Waals surface area contributed by atoms with Gasteiger partial charge in [0.2, 0.25) is 11.8 Å². The van der Waals surface area contributed by atoms with Crippen LogP contribution in [0.2, 0.25) is 0 Å². The van der Waals surface area contributed by atoms with Gasteiger partial charge in [0.1, 0.15) is 30.2 Å². The number of rotatable bonds is 7. The monoisotopic (exact) mass is 473 g/mol. The van der Waals surface area contributed by atoms with E-state index in [1.807, 2.05) is 12.1 Å². The molecule has 1 saturated heterocycles. The second-order valence-corrected chi connectivity index (χ2v) is 9.10. The van der Waals surface area contributed by atoms with E-state index in [4.69, 9.17) is 9.47 Å².